The number of allylic oxidation sites excluding steroid dienone is 1. The Bertz CT molecular complexity index is 426. The van der Waals surface area contributed by atoms with Crippen molar-refractivity contribution in [1.82, 2.24) is 10.6 Å². The lowest BCUT2D eigenvalue weighted by Gasteiger charge is -2.32. The van der Waals surface area contributed by atoms with E-state index in [1.807, 2.05) is 13.8 Å². The number of hydrogen-bond acceptors (Lipinski definition) is 3. The molecular weight excluding hydrogens is 236 g/mol. The maximum Gasteiger partial charge on any atom is 0.316 e. The molecule has 0 bridgehead atoms. The second-order valence-corrected chi connectivity index (χ2v) is 5.13. The molecule has 0 radical (unpaired) electrons. The Morgan fingerprint density at radius 2 is 1.83 bits per heavy atom. The summed E-state index contributed by atoms with van der Waals surface area (Å²) >= 11 is 0. The number of urea groups is 2. The van der Waals surface area contributed by atoms with Crippen LogP contribution in [0.5, 0.6) is 0 Å². The highest BCUT2D eigenvalue weighted by Crippen LogP contribution is 2.35. The minimum Gasteiger partial charge on any atom is -0.352 e. The monoisotopic (exact) mass is 254 g/mol. The van der Waals surface area contributed by atoms with Crippen molar-refractivity contribution in [3.63, 3.8) is 0 Å². The van der Waals surface area contributed by atoms with Crippen molar-refractivity contribution in [2.75, 3.05) is 6.54 Å². The van der Waals surface area contributed by atoms with Crippen LogP contribution in [0.1, 0.15) is 26.7 Å². The molecule has 0 heterocycles. The number of primary amides is 2. The third kappa shape index (κ3) is 3.76. The molecule has 1 aliphatic carbocycles. The van der Waals surface area contributed by atoms with E-state index in [9.17, 15) is 14.4 Å². The highest BCUT2D eigenvalue weighted by Gasteiger charge is 2.33. The lowest BCUT2D eigenvalue weighted by atomic mass is 9.75. The Labute approximate surface area is 105 Å². The smallest absolute Gasteiger partial charge is 0.316 e. The first kappa shape index (κ1) is 14.0. The fourth-order valence-corrected chi connectivity index (χ4v) is 2.07. The number of nitrogens with two attached hydrogens (primary N) is 2. The zero-order chi connectivity index (χ0) is 13.9. The summed E-state index contributed by atoms with van der Waals surface area (Å²) < 4.78 is 0. The van der Waals surface area contributed by atoms with E-state index in [-0.39, 0.29) is 23.4 Å². The summed E-state index contributed by atoms with van der Waals surface area (Å²) in [6.45, 7) is 4.01. The van der Waals surface area contributed by atoms with Gasteiger partial charge in [0.2, 0.25) is 0 Å². The van der Waals surface area contributed by atoms with Crippen LogP contribution in [0.15, 0.2) is 11.3 Å². The molecule has 4 amide bonds. The van der Waals surface area contributed by atoms with Gasteiger partial charge in [-0.2, -0.15) is 0 Å². The zero-order valence-electron chi connectivity index (χ0n) is 10.5. The maximum absolute atomic E-state index is 11.9. The summed E-state index contributed by atoms with van der Waals surface area (Å²) in [5, 5.41) is 4.73. The van der Waals surface area contributed by atoms with Crippen LogP contribution in [0, 0.1) is 5.41 Å². The minimum atomic E-state index is -0.797. The number of amides is 4. The van der Waals surface area contributed by atoms with Crippen LogP contribution in [0.3, 0.4) is 0 Å². The fourth-order valence-electron chi connectivity index (χ4n) is 2.07. The quantitative estimate of drug-likeness (QED) is 0.564. The SMILES string of the molecule is CC1(C)CC(=O)C(NC(N)=O)=C(CNC(N)=O)C1. The van der Waals surface area contributed by atoms with E-state index in [1.54, 1.807) is 0 Å². The van der Waals surface area contributed by atoms with E-state index >= 15 is 0 Å². The number of hydrogen-bond donors (Lipinski definition) is 4. The van der Waals surface area contributed by atoms with E-state index in [4.69, 9.17) is 11.5 Å². The van der Waals surface area contributed by atoms with Crippen molar-refractivity contribution in [3.05, 3.63) is 11.3 Å². The van der Waals surface area contributed by atoms with Gasteiger partial charge in [0.05, 0.1) is 5.70 Å². The molecule has 0 unspecified atom stereocenters. The largest absolute Gasteiger partial charge is 0.352 e. The molecule has 0 saturated heterocycles. The number of ketones is 1. The van der Waals surface area contributed by atoms with Gasteiger partial charge in [0, 0.05) is 13.0 Å². The number of nitrogens with one attached hydrogen (secondary N) is 2. The summed E-state index contributed by atoms with van der Waals surface area (Å²) in [6, 6.07) is -1.48. The lowest BCUT2D eigenvalue weighted by molar-refractivity contribution is -0.118. The summed E-state index contributed by atoms with van der Waals surface area (Å²) in [5.41, 5.74) is 10.6. The molecule has 0 aromatic carbocycles. The molecule has 18 heavy (non-hydrogen) atoms. The molecule has 6 N–H and O–H groups in total. The average Bonchev–Trinajstić information content (AvgIpc) is 2.18. The normalized spacial score (nSPS) is 18.4. The Balaban J connectivity index is 2.99. The molecule has 0 fully saturated rings. The standard InChI is InChI=1S/C11H18N4O3/c1-11(2)3-6(5-14-9(12)17)8(7(16)4-11)15-10(13)18/h3-5H2,1-2H3,(H3,12,14,17)(H3,13,15,18). The van der Waals surface area contributed by atoms with E-state index in [2.05, 4.69) is 10.6 Å². The van der Waals surface area contributed by atoms with Crippen LogP contribution in [0.4, 0.5) is 9.59 Å². The second kappa shape index (κ2) is 5.07. The van der Waals surface area contributed by atoms with Crippen LogP contribution in [0.25, 0.3) is 0 Å². The molecule has 0 aromatic heterocycles. The van der Waals surface area contributed by atoms with Crippen LogP contribution < -0.4 is 22.1 Å². The van der Waals surface area contributed by atoms with Gasteiger partial charge in [-0.1, -0.05) is 13.8 Å². The van der Waals surface area contributed by atoms with Gasteiger partial charge in [-0.3, -0.25) is 4.79 Å². The summed E-state index contributed by atoms with van der Waals surface area (Å²) in [7, 11) is 0. The van der Waals surface area contributed by atoms with Gasteiger partial charge in [-0.15, -0.1) is 0 Å². The Morgan fingerprint density at radius 3 is 2.33 bits per heavy atom. The van der Waals surface area contributed by atoms with E-state index in [1.165, 1.54) is 0 Å². The van der Waals surface area contributed by atoms with Gasteiger partial charge in [0.25, 0.3) is 0 Å². The summed E-state index contributed by atoms with van der Waals surface area (Å²) in [5.74, 6) is -0.189. The highest BCUT2D eigenvalue weighted by atomic mass is 16.2. The first-order valence-corrected chi connectivity index (χ1v) is 5.56. The van der Waals surface area contributed by atoms with Gasteiger partial charge < -0.3 is 22.1 Å². The second-order valence-electron chi connectivity index (χ2n) is 5.13. The third-order valence-corrected chi connectivity index (χ3v) is 2.69. The number of Topliss-reactive ketones (excluding diaryl/α,β-unsaturated/α-hetero) is 1. The van der Waals surface area contributed by atoms with Crippen LogP contribution in [-0.2, 0) is 4.79 Å². The lowest BCUT2D eigenvalue weighted by Crippen LogP contribution is -2.41. The van der Waals surface area contributed by atoms with Gasteiger partial charge in [-0.05, 0) is 17.4 Å². The van der Waals surface area contributed by atoms with Crippen molar-refractivity contribution in [2.45, 2.75) is 26.7 Å². The molecule has 0 spiro atoms. The summed E-state index contributed by atoms with van der Waals surface area (Å²) in [4.78, 5) is 33.5. The van der Waals surface area contributed by atoms with Crippen LogP contribution in [-0.4, -0.2) is 24.4 Å². The Kier molecular flexibility index (Phi) is 3.95. The van der Waals surface area contributed by atoms with E-state index in [0.717, 1.165) is 0 Å². The third-order valence-electron chi connectivity index (χ3n) is 2.69. The van der Waals surface area contributed by atoms with Gasteiger partial charge in [-0.25, -0.2) is 9.59 Å². The van der Waals surface area contributed by atoms with Crippen molar-refractivity contribution in [1.29, 1.82) is 0 Å². The first-order valence-electron chi connectivity index (χ1n) is 5.56. The van der Waals surface area contributed by atoms with Crippen molar-refractivity contribution < 1.29 is 14.4 Å². The molecule has 0 aliphatic heterocycles. The van der Waals surface area contributed by atoms with Gasteiger partial charge in [0.1, 0.15) is 0 Å². The number of carbonyl (C=O) groups excluding carboxylic acids is 3. The minimum absolute atomic E-state index is 0.125. The van der Waals surface area contributed by atoms with Crippen LogP contribution >= 0.6 is 0 Å². The van der Waals surface area contributed by atoms with E-state index < -0.39 is 12.1 Å². The molecule has 1 rings (SSSR count). The fraction of sp³-hybridized carbons (Fsp3) is 0.545. The highest BCUT2D eigenvalue weighted by molar-refractivity contribution is 6.00. The molecule has 7 heteroatoms. The molecule has 7 nitrogen and oxygen atoms in total. The van der Waals surface area contributed by atoms with Gasteiger partial charge in [0.15, 0.2) is 5.78 Å². The van der Waals surface area contributed by atoms with E-state index in [0.29, 0.717) is 18.4 Å². The summed E-state index contributed by atoms with van der Waals surface area (Å²) in [6.07, 6.45) is 0.900. The Hall–Kier alpha value is -2.05. The van der Waals surface area contributed by atoms with Crippen molar-refractivity contribution >= 4 is 17.8 Å². The average molecular weight is 254 g/mol. The topological polar surface area (TPSA) is 127 Å². The van der Waals surface area contributed by atoms with Crippen LogP contribution in [0.2, 0.25) is 0 Å². The van der Waals surface area contributed by atoms with Crippen molar-refractivity contribution in [3.8, 4) is 0 Å². The molecular formula is C11H18N4O3. The predicted octanol–water partition coefficient (Wildman–Crippen LogP) is -0.0338. The van der Waals surface area contributed by atoms with Gasteiger partial charge >= 0.3 is 12.1 Å². The predicted molar refractivity (Wildman–Crippen MR) is 65.4 cm³/mol. The molecule has 1 aliphatic rings. The molecule has 100 valence electrons. The zero-order valence-corrected chi connectivity index (χ0v) is 10.5. The van der Waals surface area contributed by atoms with Crippen molar-refractivity contribution in [2.24, 2.45) is 16.9 Å². The molecule has 0 saturated carbocycles. The maximum atomic E-state index is 11.9. The number of rotatable bonds is 3. The molecule has 0 atom stereocenters. The Morgan fingerprint density at radius 1 is 1.22 bits per heavy atom. The number of carbonyl (C=O) groups is 3. The molecule has 0 aromatic rings. The first-order chi connectivity index (χ1) is 8.21.